The number of unbranched alkanes of at least 4 members (excludes halogenated alkanes) is 5. The summed E-state index contributed by atoms with van der Waals surface area (Å²) < 4.78 is 30.5. The van der Waals surface area contributed by atoms with Gasteiger partial charge in [0.25, 0.3) is 0 Å². The highest BCUT2D eigenvalue weighted by Crippen LogP contribution is 2.22. The van der Waals surface area contributed by atoms with Crippen molar-refractivity contribution in [3.8, 4) is 17.2 Å². The molecule has 0 fully saturated rings. The van der Waals surface area contributed by atoms with Gasteiger partial charge < -0.3 is 14.2 Å². The molecule has 5 heteroatoms. The minimum absolute atomic E-state index is 0.140. The lowest BCUT2D eigenvalue weighted by Crippen LogP contribution is -2.09. The second kappa shape index (κ2) is 12.8. The van der Waals surface area contributed by atoms with E-state index in [1.165, 1.54) is 37.8 Å². The Labute approximate surface area is 173 Å². The minimum atomic E-state index is -0.617. The first kappa shape index (κ1) is 22.7. The van der Waals surface area contributed by atoms with Gasteiger partial charge in [0.05, 0.1) is 18.8 Å². The number of ether oxygens (including phenoxy) is 3. The third-order valence-electron chi connectivity index (χ3n) is 4.43. The largest absolute Gasteiger partial charge is 0.494 e. The molecule has 158 valence electrons. The van der Waals surface area contributed by atoms with Gasteiger partial charge >= 0.3 is 5.97 Å². The van der Waals surface area contributed by atoms with E-state index in [0.717, 1.165) is 25.3 Å². The van der Waals surface area contributed by atoms with Gasteiger partial charge in [-0.1, -0.05) is 46.0 Å². The monoisotopic (exact) mass is 402 g/mol. The molecule has 4 nitrogen and oxygen atoms in total. The molecular formula is C24H31FO4. The molecule has 2 aromatic rings. The Kier molecular flexibility index (Phi) is 10.0. The van der Waals surface area contributed by atoms with Crippen molar-refractivity contribution in [2.45, 2.75) is 58.8 Å². The maximum Gasteiger partial charge on any atom is 0.343 e. The Morgan fingerprint density at radius 1 is 0.793 bits per heavy atom. The van der Waals surface area contributed by atoms with E-state index in [4.69, 9.17) is 14.2 Å². The van der Waals surface area contributed by atoms with E-state index in [-0.39, 0.29) is 11.3 Å². The summed E-state index contributed by atoms with van der Waals surface area (Å²) in [5, 5.41) is 0. The molecule has 0 saturated heterocycles. The molecule has 0 aliphatic rings. The third-order valence-corrected chi connectivity index (χ3v) is 4.43. The maximum atomic E-state index is 14.2. The smallest absolute Gasteiger partial charge is 0.343 e. The van der Waals surface area contributed by atoms with Gasteiger partial charge in [-0.25, -0.2) is 9.18 Å². The maximum absolute atomic E-state index is 14.2. The molecule has 29 heavy (non-hydrogen) atoms. The van der Waals surface area contributed by atoms with Crippen molar-refractivity contribution in [1.82, 2.24) is 0 Å². The molecular weight excluding hydrogens is 371 g/mol. The van der Waals surface area contributed by atoms with Gasteiger partial charge in [0.15, 0.2) is 11.6 Å². The predicted octanol–water partition coefficient (Wildman–Crippen LogP) is 6.57. The van der Waals surface area contributed by atoms with Gasteiger partial charge in [0.2, 0.25) is 0 Å². The molecule has 0 unspecified atom stereocenters. The van der Waals surface area contributed by atoms with E-state index >= 15 is 0 Å². The average Bonchev–Trinajstić information content (AvgIpc) is 2.73. The van der Waals surface area contributed by atoms with Gasteiger partial charge in [-0.3, -0.25) is 0 Å². The summed E-state index contributed by atoms with van der Waals surface area (Å²) >= 11 is 0. The predicted molar refractivity (Wildman–Crippen MR) is 112 cm³/mol. The summed E-state index contributed by atoms with van der Waals surface area (Å²) in [4.78, 5) is 12.3. The van der Waals surface area contributed by atoms with Crippen LogP contribution < -0.4 is 14.2 Å². The molecule has 0 radical (unpaired) electrons. The lowest BCUT2D eigenvalue weighted by Gasteiger charge is -2.09. The van der Waals surface area contributed by atoms with Crippen LogP contribution >= 0.6 is 0 Å². The molecule has 0 spiro atoms. The second-order valence-electron chi connectivity index (χ2n) is 6.97. The van der Waals surface area contributed by atoms with Gasteiger partial charge in [0.1, 0.15) is 11.5 Å². The van der Waals surface area contributed by atoms with Crippen LogP contribution in [0.4, 0.5) is 4.39 Å². The fraction of sp³-hybridized carbons (Fsp3) is 0.458. The highest BCUT2D eigenvalue weighted by molar-refractivity contribution is 5.91. The molecule has 0 aliphatic carbocycles. The molecule has 0 amide bonds. The Morgan fingerprint density at radius 3 is 2.17 bits per heavy atom. The molecule has 2 rings (SSSR count). The van der Waals surface area contributed by atoms with Crippen molar-refractivity contribution in [1.29, 1.82) is 0 Å². The number of benzene rings is 2. The number of carbonyl (C=O) groups excluding carboxylic acids is 1. The van der Waals surface area contributed by atoms with Crippen molar-refractivity contribution in [3.63, 3.8) is 0 Å². The molecule has 0 N–H and O–H groups in total. The van der Waals surface area contributed by atoms with Crippen molar-refractivity contribution < 1.29 is 23.4 Å². The van der Waals surface area contributed by atoms with E-state index in [1.807, 2.05) is 6.92 Å². The molecule has 0 aromatic heterocycles. The molecule has 0 aliphatic heterocycles. The highest BCUT2D eigenvalue weighted by Gasteiger charge is 2.13. The van der Waals surface area contributed by atoms with E-state index in [1.54, 1.807) is 24.3 Å². The normalized spacial score (nSPS) is 10.6. The van der Waals surface area contributed by atoms with Crippen LogP contribution in [0.2, 0.25) is 0 Å². The first-order valence-electron chi connectivity index (χ1n) is 10.5. The number of rotatable bonds is 13. The molecule has 2 aromatic carbocycles. The van der Waals surface area contributed by atoms with Crippen LogP contribution in [0.3, 0.4) is 0 Å². The zero-order chi connectivity index (χ0) is 20.9. The zero-order valence-electron chi connectivity index (χ0n) is 17.4. The number of halogens is 1. The second-order valence-corrected chi connectivity index (χ2v) is 6.97. The fourth-order valence-electron chi connectivity index (χ4n) is 2.80. The SMILES string of the molecule is CCCCCCCCOc1ccc(C(=O)Oc2ccc(OCCC)cc2)cc1F. The van der Waals surface area contributed by atoms with Crippen LogP contribution in [0.1, 0.15) is 69.2 Å². The van der Waals surface area contributed by atoms with Crippen molar-refractivity contribution in [2.75, 3.05) is 13.2 Å². The fourth-order valence-corrected chi connectivity index (χ4v) is 2.80. The lowest BCUT2D eigenvalue weighted by atomic mass is 10.1. The highest BCUT2D eigenvalue weighted by atomic mass is 19.1. The standard InChI is InChI=1S/C24H31FO4/c1-3-5-6-7-8-9-17-28-23-15-10-19(18-22(23)25)24(26)29-21-13-11-20(12-14-21)27-16-4-2/h10-15,18H,3-9,16-17H2,1-2H3. The van der Waals surface area contributed by atoms with E-state index in [0.29, 0.717) is 24.7 Å². The molecule has 0 heterocycles. The number of hydrogen-bond donors (Lipinski definition) is 0. The topological polar surface area (TPSA) is 44.8 Å². The lowest BCUT2D eigenvalue weighted by molar-refractivity contribution is 0.0734. The summed E-state index contributed by atoms with van der Waals surface area (Å²) in [6.07, 6.45) is 7.77. The van der Waals surface area contributed by atoms with Gasteiger partial charge in [-0.15, -0.1) is 0 Å². The summed E-state index contributed by atoms with van der Waals surface area (Å²) in [6, 6.07) is 10.9. The summed E-state index contributed by atoms with van der Waals surface area (Å²) in [5.41, 5.74) is 0.140. The van der Waals surface area contributed by atoms with E-state index < -0.39 is 11.8 Å². The summed E-state index contributed by atoms with van der Waals surface area (Å²) in [7, 11) is 0. The van der Waals surface area contributed by atoms with Crippen LogP contribution in [0, 0.1) is 5.82 Å². The zero-order valence-corrected chi connectivity index (χ0v) is 17.4. The first-order valence-corrected chi connectivity index (χ1v) is 10.5. The van der Waals surface area contributed by atoms with Crippen molar-refractivity contribution in [3.05, 3.63) is 53.8 Å². The van der Waals surface area contributed by atoms with Crippen LogP contribution in [-0.2, 0) is 0 Å². The van der Waals surface area contributed by atoms with Crippen LogP contribution in [-0.4, -0.2) is 19.2 Å². The molecule has 0 bridgehead atoms. The summed E-state index contributed by atoms with van der Waals surface area (Å²) in [6.45, 7) is 5.32. The first-order chi connectivity index (χ1) is 14.1. The van der Waals surface area contributed by atoms with Gasteiger partial charge in [-0.05, 0) is 55.3 Å². The molecule has 0 atom stereocenters. The van der Waals surface area contributed by atoms with Crippen molar-refractivity contribution >= 4 is 5.97 Å². The molecule has 0 saturated carbocycles. The van der Waals surface area contributed by atoms with Gasteiger partial charge in [-0.2, -0.15) is 0 Å². The van der Waals surface area contributed by atoms with Crippen molar-refractivity contribution in [2.24, 2.45) is 0 Å². The quantitative estimate of drug-likeness (QED) is 0.216. The Bertz CT molecular complexity index is 743. The van der Waals surface area contributed by atoms with Crippen LogP contribution in [0.5, 0.6) is 17.2 Å². The Morgan fingerprint density at radius 2 is 1.48 bits per heavy atom. The Hall–Kier alpha value is -2.56. The number of esters is 1. The van der Waals surface area contributed by atoms with Crippen LogP contribution in [0.25, 0.3) is 0 Å². The Balaban J connectivity index is 1.81. The average molecular weight is 403 g/mol. The van der Waals surface area contributed by atoms with Crippen LogP contribution in [0.15, 0.2) is 42.5 Å². The van der Waals surface area contributed by atoms with E-state index in [9.17, 15) is 9.18 Å². The van der Waals surface area contributed by atoms with Gasteiger partial charge in [0, 0.05) is 0 Å². The summed E-state index contributed by atoms with van der Waals surface area (Å²) in [5.74, 6) is 0.0714. The third kappa shape index (κ3) is 8.14. The number of carbonyl (C=O) groups is 1. The minimum Gasteiger partial charge on any atom is -0.494 e. The van der Waals surface area contributed by atoms with E-state index in [2.05, 4.69) is 6.92 Å². The number of hydrogen-bond acceptors (Lipinski definition) is 4.